The summed E-state index contributed by atoms with van der Waals surface area (Å²) in [5.74, 6) is -2.76. The molecule has 0 aliphatic heterocycles. The van der Waals surface area contributed by atoms with E-state index in [1.54, 1.807) is 0 Å². The van der Waals surface area contributed by atoms with E-state index >= 15 is 0 Å². The van der Waals surface area contributed by atoms with Gasteiger partial charge in [-0.25, -0.2) is 4.79 Å². The molecule has 0 bridgehead atoms. The summed E-state index contributed by atoms with van der Waals surface area (Å²) in [5.41, 5.74) is 0. The van der Waals surface area contributed by atoms with E-state index in [-0.39, 0.29) is 0 Å². The van der Waals surface area contributed by atoms with Crippen LogP contribution in [0.25, 0.3) is 0 Å². The molecule has 0 unspecified atom stereocenters. The average molecular weight is 554 g/mol. The van der Waals surface area contributed by atoms with Crippen LogP contribution in [0.2, 0.25) is 0 Å². The fourth-order valence-electron chi connectivity index (χ4n) is 2.18. The van der Waals surface area contributed by atoms with Gasteiger partial charge < -0.3 is 5.11 Å². The molecule has 6 heteroatoms. The summed E-state index contributed by atoms with van der Waals surface area (Å²) in [7, 11) is 0. The Hall–Kier alpha value is -2.20. The number of rotatable bonds is 3. The second-order valence-electron chi connectivity index (χ2n) is 5.14. The van der Waals surface area contributed by atoms with E-state index in [1.165, 1.54) is 9.81 Å². The number of aliphatic carboxylic acids is 1. The number of carboxylic acid groups (broad SMARTS) is 1. The van der Waals surface area contributed by atoms with Crippen LogP contribution in [-0.2, 0) is 4.79 Å². The molecular formula is C20H16BiF3O2. The van der Waals surface area contributed by atoms with E-state index in [1.807, 2.05) is 0 Å². The molecule has 0 saturated carbocycles. The summed E-state index contributed by atoms with van der Waals surface area (Å²) in [4.78, 5) is 8.90. The molecular weight excluding hydrogens is 538 g/mol. The van der Waals surface area contributed by atoms with Gasteiger partial charge in [0.1, 0.15) is 0 Å². The van der Waals surface area contributed by atoms with Crippen molar-refractivity contribution < 1.29 is 23.1 Å². The van der Waals surface area contributed by atoms with Gasteiger partial charge in [0.05, 0.1) is 0 Å². The summed E-state index contributed by atoms with van der Waals surface area (Å²) in [6, 6.07) is 33.0. The van der Waals surface area contributed by atoms with Crippen LogP contribution in [0.4, 0.5) is 13.2 Å². The predicted octanol–water partition coefficient (Wildman–Crippen LogP) is 2.84. The fourth-order valence-corrected chi connectivity index (χ4v) is 11.1. The first kappa shape index (κ1) is 20.1. The number of carbonyl (C=O) groups is 1. The summed E-state index contributed by atoms with van der Waals surface area (Å²) in [5, 5.41) is 7.12. The molecule has 2 nitrogen and oxygen atoms in total. The molecule has 0 amide bonds. The van der Waals surface area contributed by atoms with Crippen LogP contribution in [0.1, 0.15) is 0 Å². The number of halogens is 3. The van der Waals surface area contributed by atoms with Crippen molar-refractivity contribution in [3.63, 3.8) is 0 Å². The van der Waals surface area contributed by atoms with E-state index in [2.05, 4.69) is 91.0 Å². The predicted molar refractivity (Wildman–Crippen MR) is 97.7 cm³/mol. The van der Waals surface area contributed by atoms with Gasteiger partial charge in [-0.3, -0.25) is 0 Å². The van der Waals surface area contributed by atoms with Gasteiger partial charge in [0, 0.05) is 0 Å². The van der Waals surface area contributed by atoms with Gasteiger partial charge in [0.25, 0.3) is 0 Å². The number of carboxylic acids is 1. The van der Waals surface area contributed by atoms with Crippen molar-refractivity contribution in [1.29, 1.82) is 0 Å². The molecule has 0 aliphatic carbocycles. The molecule has 26 heavy (non-hydrogen) atoms. The van der Waals surface area contributed by atoms with Gasteiger partial charge in [-0.1, -0.05) is 0 Å². The van der Waals surface area contributed by atoms with Gasteiger partial charge in [-0.2, -0.15) is 13.2 Å². The minimum atomic E-state index is -5.08. The van der Waals surface area contributed by atoms with Crippen LogP contribution in [0, 0.1) is 0 Å². The van der Waals surface area contributed by atoms with Crippen molar-refractivity contribution in [2.45, 2.75) is 6.18 Å². The van der Waals surface area contributed by atoms with E-state index in [0.717, 1.165) is 0 Å². The molecule has 0 radical (unpaired) electrons. The van der Waals surface area contributed by atoms with Gasteiger partial charge in [-0.15, -0.1) is 0 Å². The Balaban J connectivity index is 0.000000298. The normalized spacial score (nSPS) is 10.8. The second-order valence-corrected chi connectivity index (χ2v) is 13.8. The molecule has 0 saturated heterocycles. The number of hydrogen-bond donors (Lipinski definition) is 1. The van der Waals surface area contributed by atoms with Crippen molar-refractivity contribution in [2.75, 3.05) is 0 Å². The van der Waals surface area contributed by atoms with Gasteiger partial charge in [0.2, 0.25) is 0 Å². The van der Waals surface area contributed by atoms with Crippen molar-refractivity contribution in [1.82, 2.24) is 0 Å². The Morgan fingerprint density at radius 2 is 0.885 bits per heavy atom. The van der Waals surface area contributed by atoms with Crippen molar-refractivity contribution >= 4 is 37.5 Å². The van der Waals surface area contributed by atoms with Crippen LogP contribution in [0.15, 0.2) is 91.0 Å². The monoisotopic (exact) mass is 554 g/mol. The van der Waals surface area contributed by atoms with Crippen LogP contribution in [0.5, 0.6) is 0 Å². The Morgan fingerprint density at radius 3 is 1.08 bits per heavy atom. The SMILES string of the molecule is O=C(O)C(F)(F)F.c1cc[c]([Bi]([c]2ccccc2)[c]2ccccc2)cc1. The minimum absolute atomic E-state index is 1.54. The molecule has 0 heterocycles. The molecule has 1 N–H and O–H groups in total. The third-order valence-electron chi connectivity index (χ3n) is 3.29. The van der Waals surface area contributed by atoms with Gasteiger partial charge >= 0.3 is 135 Å². The quantitative estimate of drug-likeness (QED) is 0.506. The third kappa shape index (κ3) is 5.96. The van der Waals surface area contributed by atoms with E-state index in [9.17, 15) is 13.2 Å². The summed E-state index contributed by atoms with van der Waals surface area (Å²) >= 11 is -2.06. The molecule has 134 valence electrons. The molecule has 0 spiro atoms. The summed E-state index contributed by atoms with van der Waals surface area (Å²) < 4.78 is 36.3. The van der Waals surface area contributed by atoms with Crippen molar-refractivity contribution in [3.8, 4) is 0 Å². The number of hydrogen-bond acceptors (Lipinski definition) is 1. The first-order valence-electron chi connectivity index (χ1n) is 7.65. The standard InChI is InChI=1S/3C6H5.C2HF3O2.Bi/c3*1-2-4-6-5-3-1;3-2(4,5)1(6)7;/h3*1-5H;(H,6,7);. The summed E-state index contributed by atoms with van der Waals surface area (Å²) in [6.45, 7) is 0. The number of alkyl halides is 3. The zero-order valence-electron chi connectivity index (χ0n) is 13.6. The van der Waals surface area contributed by atoms with Crippen molar-refractivity contribution in [3.05, 3.63) is 91.0 Å². The molecule has 3 aromatic rings. The molecule has 0 fully saturated rings. The zero-order chi connectivity index (χ0) is 19.0. The molecule has 0 aromatic heterocycles. The number of benzene rings is 3. The van der Waals surface area contributed by atoms with Crippen LogP contribution in [-0.4, -0.2) is 39.0 Å². The zero-order valence-corrected chi connectivity index (χ0v) is 17.1. The maximum atomic E-state index is 10.6. The van der Waals surface area contributed by atoms with Gasteiger partial charge in [0.15, 0.2) is 0 Å². The Bertz CT molecular complexity index is 713. The molecule has 3 rings (SSSR count). The van der Waals surface area contributed by atoms with Crippen LogP contribution >= 0.6 is 0 Å². The fraction of sp³-hybridized carbons (Fsp3) is 0.0500. The van der Waals surface area contributed by atoms with Crippen LogP contribution in [0.3, 0.4) is 0 Å². The first-order chi connectivity index (χ1) is 12.4. The van der Waals surface area contributed by atoms with Crippen LogP contribution < -0.4 is 9.81 Å². The van der Waals surface area contributed by atoms with E-state index < -0.39 is 33.9 Å². The van der Waals surface area contributed by atoms with E-state index in [4.69, 9.17) is 9.90 Å². The summed E-state index contributed by atoms with van der Waals surface area (Å²) in [6.07, 6.45) is -5.08. The Kier molecular flexibility index (Phi) is 7.34. The maximum absolute atomic E-state index is 10.6. The molecule has 3 aromatic carbocycles. The average Bonchev–Trinajstić information content (AvgIpc) is 2.64. The van der Waals surface area contributed by atoms with Crippen molar-refractivity contribution in [2.24, 2.45) is 0 Å². The third-order valence-corrected chi connectivity index (χ3v) is 12.8. The van der Waals surface area contributed by atoms with Gasteiger partial charge in [-0.05, 0) is 0 Å². The Morgan fingerprint density at radius 1 is 0.654 bits per heavy atom. The molecule has 0 atom stereocenters. The second kappa shape index (κ2) is 9.49. The molecule has 0 aliphatic rings. The Labute approximate surface area is 157 Å². The topological polar surface area (TPSA) is 37.3 Å². The van der Waals surface area contributed by atoms with E-state index in [0.29, 0.717) is 0 Å². The first-order valence-corrected chi connectivity index (χ1v) is 12.9.